The van der Waals surface area contributed by atoms with Crippen LogP contribution in [-0.2, 0) is 14.8 Å². The molecule has 0 aromatic heterocycles. The zero-order valence-corrected chi connectivity index (χ0v) is 13.9. The summed E-state index contributed by atoms with van der Waals surface area (Å²) in [5, 5.41) is 13.1. The first-order chi connectivity index (χ1) is 11.3. The van der Waals surface area contributed by atoms with Gasteiger partial charge in [-0.05, 0) is 18.2 Å². The molecule has 2 N–H and O–H groups in total. The van der Waals surface area contributed by atoms with Gasteiger partial charge in [0, 0.05) is 19.7 Å². The molecular formula is C16H16N3O4S. The highest BCUT2D eigenvalue weighted by Gasteiger charge is 2.38. The number of hydrogen-bond donors (Lipinski definition) is 2. The third-order valence-electron chi connectivity index (χ3n) is 3.83. The Hall–Kier alpha value is -2.74. The molecule has 0 unspecified atom stereocenters. The minimum absolute atomic E-state index is 0.0354. The Bertz CT molecular complexity index is 900. The number of benzene rings is 1. The van der Waals surface area contributed by atoms with Gasteiger partial charge in [-0.2, -0.15) is 0 Å². The van der Waals surface area contributed by atoms with E-state index in [9.17, 15) is 18.3 Å². The number of sulfonamides is 1. The summed E-state index contributed by atoms with van der Waals surface area (Å²) in [7, 11) is -0.928. The Kier molecular flexibility index (Phi) is 3.84. The van der Waals surface area contributed by atoms with Crippen molar-refractivity contribution in [1.82, 2.24) is 14.5 Å². The molecule has 8 heteroatoms. The van der Waals surface area contributed by atoms with E-state index in [0.29, 0.717) is 5.82 Å². The fourth-order valence-electron chi connectivity index (χ4n) is 2.51. The van der Waals surface area contributed by atoms with Crippen LogP contribution in [0.5, 0.6) is 0 Å². The van der Waals surface area contributed by atoms with Gasteiger partial charge in [-0.3, -0.25) is 9.10 Å². The van der Waals surface area contributed by atoms with E-state index in [2.05, 4.69) is 5.32 Å². The lowest BCUT2D eigenvalue weighted by molar-refractivity contribution is -0.118. The second-order valence-corrected chi connectivity index (χ2v) is 7.25. The number of hydrogen-bond acceptors (Lipinski definition) is 5. The zero-order valence-electron chi connectivity index (χ0n) is 13.1. The summed E-state index contributed by atoms with van der Waals surface area (Å²) in [4.78, 5) is 14.2. The van der Waals surface area contributed by atoms with Crippen molar-refractivity contribution in [3.8, 4) is 0 Å². The molecule has 7 nitrogen and oxygen atoms in total. The smallest absolute Gasteiger partial charge is 0.277 e. The number of nitrogens with one attached hydrogen (secondary N) is 1. The van der Waals surface area contributed by atoms with Crippen LogP contribution < -0.4 is 5.32 Å². The maximum absolute atomic E-state index is 12.6. The molecular weight excluding hydrogens is 330 g/mol. The molecule has 1 aromatic carbocycles. The molecule has 0 atom stereocenters. The summed E-state index contributed by atoms with van der Waals surface area (Å²) in [5.74, 6) is -0.624. The molecule has 0 spiro atoms. The average Bonchev–Trinajstić information content (AvgIpc) is 2.56. The predicted octanol–water partition coefficient (Wildman–Crippen LogP) is 1.17. The Morgan fingerprint density at radius 1 is 1.17 bits per heavy atom. The molecule has 0 fully saturated rings. The number of likely N-dealkylation sites (N-methyl/N-ethyl adjacent to an activating group) is 2. The highest BCUT2D eigenvalue weighted by molar-refractivity contribution is 7.89. The number of allylic oxidation sites excluding steroid dienone is 2. The number of carbonyl (C=O) groups excluding carboxylic acids is 1. The van der Waals surface area contributed by atoms with Crippen LogP contribution in [0.1, 0.15) is 5.56 Å². The van der Waals surface area contributed by atoms with Crippen LogP contribution in [0.15, 0.2) is 58.9 Å². The highest BCUT2D eigenvalue weighted by atomic mass is 32.2. The number of amides is 1. The van der Waals surface area contributed by atoms with Crippen LogP contribution in [-0.4, -0.2) is 42.7 Å². The van der Waals surface area contributed by atoms with Crippen molar-refractivity contribution in [2.24, 2.45) is 0 Å². The molecule has 1 radical (unpaired) electrons. The van der Waals surface area contributed by atoms with Crippen molar-refractivity contribution >= 4 is 21.7 Å². The van der Waals surface area contributed by atoms with Gasteiger partial charge >= 0.3 is 0 Å². The van der Waals surface area contributed by atoms with E-state index in [4.69, 9.17) is 0 Å². The fraction of sp³-hybridized carbons (Fsp3) is 0.125. The number of rotatable bonds is 2. The lowest BCUT2D eigenvalue weighted by Gasteiger charge is -2.30. The first-order valence-corrected chi connectivity index (χ1v) is 8.55. The molecule has 3 rings (SSSR count). The van der Waals surface area contributed by atoms with Crippen molar-refractivity contribution in [1.29, 1.82) is 0 Å². The minimum Gasteiger partial charge on any atom is -0.505 e. The Morgan fingerprint density at radius 3 is 2.58 bits per heavy atom. The summed E-state index contributed by atoms with van der Waals surface area (Å²) in [6.45, 7) is 1.74. The second-order valence-electron chi connectivity index (χ2n) is 5.32. The van der Waals surface area contributed by atoms with E-state index in [1.54, 1.807) is 48.9 Å². The fourth-order valence-corrected chi connectivity index (χ4v) is 3.91. The number of nitrogens with zero attached hydrogens (tertiary/aromatic N) is 2. The summed E-state index contributed by atoms with van der Waals surface area (Å²) in [6, 6.07) is 6.02. The van der Waals surface area contributed by atoms with E-state index >= 15 is 0 Å². The van der Waals surface area contributed by atoms with Gasteiger partial charge in [-0.1, -0.05) is 24.3 Å². The molecule has 125 valence electrons. The van der Waals surface area contributed by atoms with Gasteiger partial charge in [-0.25, -0.2) is 8.42 Å². The summed E-state index contributed by atoms with van der Waals surface area (Å²) in [6.07, 6.45) is 5.20. The van der Waals surface area contributed by atoms with Gasteiger partial charge in [0.2, 0.25) is 0 Å². The maximum Gasteiger partial charge on any atom is 0.277 e. The molecule has 24 heavy (non-hydrogen) atoms. The van der Waals surface area contributed by atoms with Gasteiger partial charge < -0.3 is 15.3 Å². The lowest BCUT2D eigenvalue weighted by Crippen LogP contribution is -2.41. The van der Waals surface area contributed by atoms with Gasteiger partial charge in [0.05, 0.1) is 11.4 Å². The van der Waals surface area contributed by atoms with E-state index in [0.717, 1.165) is 4.31 Å². The topological polar surface area (TPSA) is 90.0 Å². The number of aliphatic hydroxyl groups is 1. The zero-order chi connectivity index (χ0) is 17.5. The van der Waals surface area contributed by atoms with E-state index in [-0.39, 0.29) is 21.9 Å². The third-order valence-corrected chi connectivity index (χ3v) is 5.65. The molecule has 0 saturated carbocycles. The van der Waals surface area contributed by atoms with Crippen molar-refractivity contribution < 1.29 is 18.3 Å². The number of carbonyl (C=O) groups is 1. The predicted molar refractivity (Wildman–Crippen MR) is 88.4 cm³/mol. The molecule has 2 aliphatic rings. The standard InChI is InChI=1S/C16H16N3O4S/c1-18-10-6-5-9-13(18)17-16(21)14-15(20)11-7-3-4-8-12(11)24(22,23)19(14)2/h3-10,20H,1-2H3,(H,17,21). The number of fused-ring (bicyclic) bond motifs is 1. The van der Waals surface area contributed by atoms with Crippen LogP contribution in [0, 0.1) is 6.54 Å². The van der Waals surface area contributed by atoms with Crippen molar-refractivity contribution in [3.63, 3.8) is 0 Å². The van der Waals surface area contributed by atoms with Crippen LogP contribution in [0.3, 0.4) is 0 Å². The van der Waals surface area contributed by atoms with Crippen molar-refractivity contribution in [2.45, 2.75) is 4.90 Å². The van der Waals surface area contributed by atoms with E-state index in [1.807, 2.05) is 0 Å². The third kappa shape index (κ3) is 2.44. The molecule has 0 aliphatic carbocycles. The SMILES string of the molecule is CN1[CH]C=CC=C1NC(=O)C1=C(O)c2ccccc2S(=O)(=O)N1C. The van der Waals surface area contributed by atoms with Gasteiger partial charge in [0.15, 0.2) is 11.5 Å². The first-order valence-electron chi connectivity index (χ1n) is 7.11. The molecule has 2 heterocycles. The Morgan fingerprint density at radius 2 is 1.88 bits per heavy atom. The van der Waals surface area contributed by atoms with Crippen LogP contribution in [0.25, 0.3) is 5.76 Å². The second kappa shape index (κ2) is 5.72. The molecule has 1 aromatic rings. The first kappa shape index (κ1) is 16.1. The average molecular weight is 346 g/mol. The van der Waals surface area contributed by atoms with E-state index in [1.165, 1.54) is 19.2 Å². The lowest BCUT2D eigenvalue weighted by atomic mass is 10.1. The van der Waals surface area contributed by atoms with Crippen LogP contribution in [0.4, 0.5) is 0 Å². The summed E-state index contributed by atoms with van der Waals surface area (Å²) < 4.78 is 26.0. The minimum atomic E-state index is -3.90. The molecule has 0 bridgehead atoms. The van der Waals surface area contributed by atoms with Gasteiger partial charge in [0.1, 0.15) is 5.82 Å². The Balaban J connectivity index is 2.05. The largest absolute Gasteiger partial charge is 0.505 e. The van der Waals surface area contributed by atoms with Gasteiger partial charge in [0.25, 0.3) is 15.9 Å². The molecule has 1 amide bonds. The maximum atomic E-state index is 12.6. The quantitative estimate of drug-likeness (QED) is 0.839. The normalized spacial score (nSPS) is 19.0. The summed E-state index contributed by atoms with van der Waals surface area (Å²) >= 11 is 0. The monoisotopic (exact) mass is 346 g/mol. The molecule has 0 saturated heterocycles. The van der Waals surface area contributed by atoms with Crippen molar-refractivity contribution in [3.05, 3.63) is 66.1 Å². The van der Waals surface area contributed by atoms with Crippen molar-refractivity contribution in [2.75, 3.05) is 14.1 Å². The molecule has 2 aliphatic heterocycles. The highest BCUT2D eigenvalue weighted by Crippen LogP contribution is 2.34. The number of aliphatic hydroxyl groups excluding tert-OH is 1. The summed E-state index contributed by atoms with van der Waals surface area (Å²) in [5.41, 5.74) is -0.212. The van der Waals surface area contributed by atoms with Crippen LogP contribution in [0.2, 0.25) is 0 Å². The van der Waals surface area contributed by atoms with Crippen LogP contribution >= 0.6 is 0 Å². The van der Waals surface area contributed by atoms with E-state index < -0.39 is 15.9 Å². The van der Waals surface area contributed by atoms with Gasteiger partial charge in [-0.15, -0.1) is 0 Å². The Labute approximate surface area is 140 Å².